The van der Waals surface area contributed by atoms with E-state index < -0.39 is 0 Å². The molecule has 2 rings (SSSR count). The summed E-state index contributed by atoms with van der Waals surface area (Å²) in [5, 5.41) is 0. The Kier molecular flexibility index (Phi) is 2.36. The highest BCUT2D eigenvalue weighted by atomic mass is 16.5. The van der Waals surface area contributed by atoms with Gasteiger partial charge in [-0.3, -0.25) is 4.79 Å². The molecule has 0 aliphatic heterocycles. The Balaban J connectivity index is 2.19. The molecule has 0 aromatic heterocycles. The minimum absolute atomic E-state index is 0.0400. The van der Waals surface area contributed by atoms with Gasteiger partial charge in [-0.25, -0.2) is 0 Å². The molecule has 2 aliphatic carbocycles. The van der Waals surface area contributed by atoms with Crippen molar-refractivity contribution < 1.29 is 9.53 Å². The van der Waals surface area contributed by atoms with Crippen LogP contribution in [0.2, 0.25) is 0 Å². The molecule has 2 aliphatic rings. The second-order valence-corrected chi connectivity index (χ2v) is 6.14. The van der Waals surface area contributed by atoms with E-state index in [1.165, 1.54) is 19.3 Å². The average molecular weight is 210 g/mol. The van der Waals surface area contributed by atoms with Crippen molar-refractivity contribution in [2.75, 3.05) is 0 Å². The van der Waals surface area contributed by atoms with Crippen molar-refractivity contribution in [3.8, 4) is 0 Å². The molecule has 0 amide bonds. The summed E-state index contributed by atoms with van der Waals surface area (Å²) in [4.78, 5) is 11.5. The lowest BCUT2D eigenvalue weighted by molar-refractivity contribution is -0.164. The molecule has 0 aromatic rings. The lowest BCUT2D eigenvalue weighted by Gasteiger charge is -2.41. The molecule has 2 nitrogen and oxygen atoms in total. The molecule has 0 aromatic carbocycles. The van der Waals surface area contributed by atoms with Crippen molar-refractivity contribution in [3.63, 3.8) is 0 Å². The maximum absolute atomic E-state index is 11.5. The zero-order chi connectivity index (χ0) is 11.3. The molecule has 0 N–H and O–H groups in total. The molecule has 15 heavy (non-hydrogen) atoms. The first-order valence-electron chi connectivity index (χ1n) is 6.09. The lowest BCUT2D eigenvalue weighted by Crippen LogP contribution is -2.43. The first kappa shape index (κ1) is 11.0. The molecule has 3 unspecified atom stereocenters. The summed E-state index contributed by atoms with van der Waals surface area (Å²) >= 11 is 0. The molecule has 0 spiro atoms. The van der Waals surface area contributed by atoms with E-state index in [1.807, 2.05) is 6.92 Å². The maximum atomic E-state index is 11.5. The van der Waals surface area contributed by atoms with Gasteiger partial charge in [0.05, 0.1) is 0 Å². The van der Waals surface area contributed by atoms with E-state index in [1.54, 1.807) is 0 Å². The van der Waals surface area contributed by atoms with Crippen LogP contribution < -0.4 is 0 Å². The molecule has 0 heterocycles. The van der Waals surface area contributed by atoms with Crippen molar-refractivity contribution >= 4 is 5.97 Å². The van der Waals surface area contributed by atoms with Gasteiger partial charge in [0.1, 0.15) is 6.10 Å². The second-order valence-electron chi connectivity index (χ2n) is 6.14. The molecule has 2 bridgehead atoms. The first-order valence-corrected chi connectivity index (χ1v) is 6.09. The summed E-state index contributed by atoms with van der Waals surface area (Å²) in [6.45, 7) is 8.67. The molecular formula is C13H22O2. The van der Waals surface area contributed by atoms with Crippen molar-refractivity contribution in [2.24, 2.45) is 16.7 Å². The van der Waals surface area contributed by atoms with Gasteiger partial charge in [-0.2, -0.15) is 0 Å². The summed E-state index contributed by atoms with van der Waals surface area (Å²) in [6.07, 6.45) is 4.40. The van der Waals surface area contributed by atoms with E-state index in [4.69, 9.17) is 4.74 Å². The smallest absolute Gasteiger partial charge is 0.305 e. The molecule has 2 heteroatoms. The van der Waals surface area contributed by atoms with E-state index >= 15 is 0 Å². The third-order valence-corrected chi connectivity index (χ3v) is 4.68. The highest BCUT2D eigenvalue weighted by Gasteiger charge is 2.61. The Morgan fingerprint density at radius 3 is 2.53 bits per heavy atom. The predicted molar refractivity (Wildman–Crippen MR) is 59.4 cm³/mol. The van der Waals surface area contributed by atoms with Crippen molar-refractivity contribution in [1.29, 1.82) is 0 Å². The van der Waals surface area contributed by atoms with Crippen LogP contribution in [0.1, 0.15) is 53.4 Å². The van der Waals surface area contributed by atoms with Gasteiger partial charge in [-0.1, -0.05) is 27.7 Å². The van der Waals surface area contributed by atoms with E-state index in [0.717, 1.165) is 5.92 Å². The summed E-state index contributed by atoms with van der Waals surface area (Å²) in [6, 6.07) is 0. The van der Waals surface area contributed by atoms with Crippen molar-refractivity contribution in [1.82, 2.24) is 0 Å². The van der Waals surface area contributed by atoms with Crippen LogP contribution in [0.15, 0.2) is 0 Å². The van der Waals surface area contributed by atoms with Crippen LogP contribution in [0.4, 0.5) is 0 Å². The lowest BCUT2D eigenvalue weighted by atomic mass is 9.70. The van der Waals surface area contributed by atoms with Gasteiger partial charge in [-0.15, -0.1) is 0 Å². The van der Waals surface area contributed by atoms with Gasteiger partial charge in [-0.05, 0) is 25.2 Å². The van der Waals surface area contributed by atoms with Crippen molar-refractivity contribution in [3.05, 3.63) is 0 Å². The Bertz CT molecular complexity index is 278. The van der Waals surface area contributed by atoms with E-state index in [-0.39, 0.29) is 22.9 Å². The van der Waals surface area contributed by atoms with Crippen LogP contribution >= 0.6 is 0 Å². The van der Waals surface area contributed by atoms with Gasteiger partial charge < -0.3 is 4.74 Å². The fourth-order valence-electron chi connectivity index (χ4n) is 3.77. The van der Waals surface area contributed by atoms with E-state index in [9.17, 15) is 4.79 Å². The number of hydrogen-bond acceptors (Lipinski definition) is 2. The minimum atomic E-state index is -0.0400. The number of hydrogen-bond donors (Lipinski definition) is 0. The van der Waals surface area contributed by atoms with Gasteiger partial charge in [0.2, 0.25) is 0 Å². The minimum Gasteiger partial charge on any atom is -0.461 e. The highest BCUT2D eigenvalue weighted by molar-refractivity contribution is 5.69. The molecule has 0 radical (unpaired) electrons. The number of carbonyl (C=O) groups is 1. The van der Waals surface area contributed by atoms with Gasteiger partial charge in [0, 0.05) is 17.3 Å². The number of esters is 1. The number of fused-ring (bicyclic) bond motifs is 2. The Labute approximate surface area is 92.4 Å². The number of ether oxygens (including phenoxy) is 1. The Morgan fingerprint density at radius 2 is 2.07 bits per heavy atom. The zero-order valence-electron chi connectivity index (χ0n) is 10.3. The second kappa shape index (κ2) is 3.23. The Hall–Kier alpha value is -0.530. The standard InChI is InChI=1S/C13H22O2/c1-5-10(14)15-11-12(2,3)9-6-7-13(11,4)8-9/h9,11H,5-8H2,1-4H3. The highest BCUT2D eigenvalue weighted by Crippen LogP contribution is 2.63. The number of rotatable bonds is 2. The molecule has 3 atom stereocenters. The largest absolute Gasteiger partial charge is 0.461 e. The SMILES string of the molecule is CCC(=O)OC1C2(C)CCC(C2)C1(C)C. The summed E-state index contributed by atoms with van der Waals surface area (Å²) in [7, 11) is 0. The maximum Gasteiger partial charge on any atom is 0.305 e. The van der Waals surface area contributed by atoms with Crippen LogP contribution in [0, 0.1) is 16.7 Å². The molecule has 2 fully saturated rings. The average Bonchev–Trinajstić information content (AvgIpc) is 2.63. The summed E-state index contributed by atoms with van der Waals surface area (Å²) in [5.41, 5.74) is 0.427. The van der Waals surface area contributed by atoms with Crippen LogP contribution in [0.3, 0.4) is 0 Å². The fraction of sp³-hybridized carbons (Fsp3) is 0.923. The van der Waals surface area contributed by atoms with E-state index in [2.05, 4.69) is 20.8 Å². The van der Waals surface area contributed by atoms with Gasteiger partial charge in [0.15, 0.2) is 0 Å². The quantitative estimate of drug-likeness (QED) is 0.654. The van der Waals surface area contributed by atoms with Crippen LogP contribution in [0.25, 0.3) is 0 Å². The monoisotopic (exact) mass is 210 g/mol. The third-order valence-electron chi connectivity index (χ3n) is 4.68. The van der Waals surface area contributed by atoms with Crippen molar-refractivity contribution in [2.45, 2.75) is 59.5 Å². The molecule has 86 valence electrons. The predicted octanol–water partition coefficient (Wildman–Crippen LogP) is 3.15. The fourth-order valence-corrected chi connectivity index (χ4v) is 3.77. The molecule has 0 saturated heterocycles. The van der Waals surface area contributed by atoms with Gasteiger partial charge >= 0.3 is 5.97 Å². The summed E-state index contributed by atoms with van der Waals surface area (Å²) in [5.74, 6) is 0.707. The number of carbonyl (C=O) groups excluding carboxylic acids is 1. The van der Waals surface area contributed by atoms with Crippen LogP contribution in [0.5, 0.6) is 0 Å². The summed E-state index contributed by atoms with van der Waals surface area (Å²) < 4.78 is 5.67. The first-order chi connectivity index (χ1) is 6.90. The van der Waals surface area contributed by atoms with Gasteiger partial charge in [0.25, 0.3) is 0 Å². The van der Waals surface area contributed by atoms with Crippen LogP contribution in [-0.2, 0) is 9.53 Å². The Morgan fingerprint density at radius 1 is 1.40 bits per heavy atom. The molecule has 2 saturated carbocycles. The topological polar surface area (TPSA) is 26.3 Å². The van der Waals surface area contributed by atoms with E-state index in [0.29, 0.717) is 6.42 Å². The zero-order valence-corrected chi connectivity index (χ0v) is 10.3. The molecular weight excluding hydrogens is 188 g/mol. The third kappa shape index (κ3) is 1.49. The van der Waals surface area contributed by atoms with Crippen LogP contribution in [-0.4, -0.2) is 12.1 Å². The normalized spacial score (nSPS) is 41.9.